The first-order valence-electron chi connectivity index (χ1n) is 11.2. The van der Waals surface area contributed by atoms with Gasteiger partial charge in [-0.15, -0.1) is 0 Å². The summed E-state index contributed by atoms with van der Waals surface area (Å²) in [7, 11) is -4.24. The number of sulfonamides is 1. The van der Waals surface area contributed by atoms with Crippen LogP contribution in [0.5, 0.6) is 0 Å². The predicted octanol–water partition coefficient (Wildman–Crippen LogP) is 7.06. The van der Waals surface area contributed by atoms with Crippen molar-refractivity contribution in [2.24, 2.45) is 0 Å². The van der Waals surface area contributed by atoms with Crippen molar-refractivity contribution in [3.63, 3.8) is 0 Å². The molecule has 192 valence electrons. The monoisotopic (exact) mass is 523 g/mol. The topological polar surface area (TPSA) is 83.5 Å². The summed E-state index contributed by atoms with van der Waals surface area (Å²) in [6.45, 7) is 1.97. The van der Waals surface area contributed by atoms with Crippen LogP contribution in [0.25, 0.3) is 11.1 Å². The Balaban J connectivity index is 2.10. The van der Waals surface area contributed by atoms with Crippen LogP contribution >= 0.6 is 0 Å². The van der Waals surface area contributed by atoms with Crippen LogP contribution in [0.15, 0.2) is 71.6 Å². The molecule has 0 bridgehead atoms. The minimum Gasteiger partial charge on any atom is -0.481 e. The predicted molar refractivity (Wildman–Crippen MR) is 129 cm³/mol. The second kappa shape index (κ2) is 11.1. The van der Waals surface area contributed by atoms with E-state index in [2.05, 4.69) is 4.72 Å². The Morgan fingerprint density at radius 2 is 1.58 bits per heavy atom. The van der Waals surface area contributed by atoms with Crippen molar-refractivity contribution < 1.29 is 35.9 Å². The lowest BCUT2D eigenvalue weighted by Crippen LogP contribution is -2.16. The van der Waals surface area contributed by atoms with Gasteiger partial charge in [0.2, 0.25) is 0 Å². The summed E-state index contributed by atoms with van der Waals surface area (Å²) in [5.41, 5.74) is -0.00877. The summed E-state index contributed by atoms with van der Waals surface area (Å²) in [4.78, 5) is 11.8. The lowest BCUT2D eigenvalue weighted by molar-refractivity contribution is -0.139. The number of carboxylic acids is 1. The molecule has 2 N–H and O–H groups in total. The molecule has 0 spiro atoms. The van der Waals surface area contributed by atoms with Crippen LogP contribution in [0.4, 0.5) is 23.2 Å². The Kier molecular flexibility index (Phi) is 8.39. The highest BCUT2D eigenvalue weighted by Crippen LogP contribution is 2.34. The van der Waals surface area contributed by atoms with E-state index >= 15 is 0 Å². The average molecular weight is 524 g/mol. The van der Waals surface area contributed by atoms with E-state index in [-0.39, 0.29) is 28.1 Å². The number of carbonyl (C=O) groups is 1. The molecule has 0 saturated heterocycles. The number of hydrogen-bond acceptors (Lipinski definition) is 3. The quantitative estimate of drug-likeness (QED) is 0.220. The van der Waals surface area contributed by atoms with E-state index in [9.17, 15) is 35.9 Å². The van der Waals surface area contributed by atoms with Gasteiger partial charge in [0.1, 0.15) is 5.82 Å². The summed E-state index contributed by atoms with van der Waals surface area (Å²) < 4.78 is 80.9. The Labute approximate surface area is 206 Å². The number of alkyl halides is 3. The van der Waals surface area contributed by atoms with Gasteiger partial charge in [0.05, 0.1) is 16.4 Å². The highest BCUT2D eigenvalue weighted by atomic mass is 32.2. The average Bonchev–Trinajstić information content (AvgIpc) is 2.82. The molecule has 0 radical (unpaired) electrons. The molecular formula is C26H25F4NO4S. The Morgan fingerprint density at radius 1 is 0.944 bits per heavy atom. The van der Waals surface area contributed by atoms with Gasteiger partial charge in [-0.1, -0.05) is 44.4 Å². The van der Waals surface area contributed by atoms with Gasteiger partial charge in [-0.05, 0) is 71.6 Å². The zero-order chi connectivity index (χ0) is 26.5. The number of nitrogens with one attached hydrogen (secondary N) is 1. The zero-order valence-corrected chi connectivity index (χ0v) is 20.2. The number of rotatable bonds is 10. The molecule has 0 aliphatic rings. The van der Waals surface area contributed by atoms with Gasteiger partial charge in [0, 0.05) is 5.69 Å². The standard InChI is InChI=1S/C26H25F4NO4S/c1-2-3-4-5-24(25(32)33)19-14-18(17-6-8-20(9-7-17)26(28,29)30)15-23(16-19)36(34,35)31-22-12-10-21(27)11-13-22/h6-16,24,31H,2-5H2,1H3,(H,32,33). The van der Waals surface area contributed by atoms with Crippen molar-refractivity contribution in [1.82, 2.24) is 0 Å². The summed E-state index contributed by atoms with van der Waals surface area (Å²) in [6.07, 6.45) is -2.02. The van der Waals surface area contributed by atoms with Crippen LogP contribution in [-0.4, -0.2) is 19.5 Å². The van der Waals surface area contributed by atoms with E-state index in [0.29, 0.717) is 12.0 Å². The molecule has 0 fully saturated rings. The molecule has 3 rings (SSSR count). The fourth-order valence-electron chi connectivity index (χ4n) is 3.76. The van der Waals surface area contributed by atoms with Crippen molar-refractivity contribution in [3.8, 4) is 11.1 Å². The van der Waals surface area contributed by atoms with Crippen molar-refractivity contribution in [1.29, 1.82) is 0 Å². The lowest BCUT2D eigenvalue weighted by atomic mass is 9.90. The van der Waals surface area contributed by atoms with Gasteiger partial charge >= 0.3 is 12.1 Å². The third kappa shape index (κ3) is 6.84. The minimum atomic E-state index is -4.54. The van der Waals surface area contributed by atoms with Crippen LogP contribution in [0, 0.1) is 5.82 Å². The summed E-state index contributed by atoms with van der Waals surface area (Å²) >= 11 is 0. The van der Waals surface area contributed by atoms with E-state index in [1.165, 1.54) is 42.5 Å². The maximum absolute atomic E-state index is 13.2. The Hall–Kier alpha value is -3.40. The van der Waals surface area contributed by atoms with E-state index in [0.717, 1.165) is 37.1 Å². The minimum absolute atomic E-state index is 0.0932. The number of carboxylic acid groups (broad SMARTS) is 1. The molecule has 1 unspecified atom stereocenters. The first-order chi connectivity index (χ1) is 16.9. The number of benzene rings is 3. The van der Waals surface area contributed by atoms with Gasteiger partial charge in [-0.2, -0.15) is 13.2 Å². The molecule has 0 aliphatic carbocycles. The maximum Gasteiger partial charge on any atom is 0.416 e. The Bertz CT molecular complexity index is 1310. The molecule has 10 heteroatoms. The van der Waals surface area contributed by atoms with Gasteiger partial charge < -0.3 is 5.11 Å². The molecule has 1 atom stereocenters. The fourth-order valence-corrected chi connectivity index (χ4v) is 4.90. The van der Waals surface area contributed by atoms with E-state index < -0.39 is 39.5 Å². The molecular weight excluding hydrogens is 498 g/mol. The first kappa shape index (κ1) is 27.2. The van der Waals surface area contributed by atoms with Crippen LogP contribution < -0.4 is 4.72 Å². The SMILES string of the molecule is CCCCCC(C(=O)O)c1cc(-c2ccc(C(F)(F)F)cc2)cc(S(=O)(=O)Nc2ccc(F)cc2)c1. The van der Waals surface area contributed by atoms with Crippen molar-refractivity contribution in [2.45, 2.75) is 49.6 Å². The molecule has 0 aliphatic heterocycles. The van der Waals surface area contributed by atoms with Crippen LogP contribution in [-0.2, 0) is 21.0 Å². The number of unbranched alkanes of at least 4 members (excludes halogenated alkanes) is 2. The van der Waals surface area contributed by atoms with Gasteiger partial charge in [-0.25, -0.2) is 12.8 Å². The normalized spacial score (nSPS) is 12.8. The number of hydrogen-bond donors (Lipinski definition) is 2. The molecule has 0 amide bonds. The Morgan fingerprint density at radius 3 is 2.14 bits per heavy atom. The van der Waals surface area contributed by atoms with Gasteiger partial charge in [-0.3, -0.25) is 9.52 Å². The molecule has 5 nitrogen and oxygen atoms in total. The molecule has 0 aromatic heterocycles. The van der Waals surface area contributed by atoms with E-state index in [4.69, 9.17) is 0 Å². The number of aliphatic carboxylic acids is 1. The van der Waals surface area contributed by atoms with Crippen LogP contribution in [0.2, 0.25) is 0 Å². The van der Waals surface area contributed by atoms with Crippen molar-refractivity contribution in [2.75, 3.05) is 4.72 Å². The smallest absolute Gasteiger partial charge is 0.416 e. The lowest BCUT2D eigenvalue weighted by Gasteiger charge is -2.17. The summed E-state index contributed by atoms with van der Waals surface area (Å²) in [5, 5.41) is 9.84. The molecule has 3 aromatic rings. The second-order valence-corrected chi connectivity index (χ2v) is 10.0. The number of anilines is 1. The fraction of sp³-hybridized carbons (Fsp3) is 0.269. The third-order valence-corrected chi connectivity index (χ3v) is 7.04. The molecule has 36 heavy (non-hydrogen) atoms. The highest BCUT2D eigenvalue weighted by Gasteiger charge is 2.30. The van der Waals surface area contributed by atoms with Crippen molar-refractivity contribution in [3.05, 3.63) is 83.7 Å². The van der Waals surface area contributed by atoms with Crippen molar-refractivity contribution >= 4 is 21.7 Å². The molecule has 0 saturated carbocycles. The molecule has 0 heterocycles. The highest BCUT2D eigenvalue weighted by molar-refractivity contribution is 7.92. The van der Waals surface area contributed by atoms with Gasteiger partial charge in [0.25, 0.3) is 10.0 Å². The van der Waals surface area contributed by atoms with Gasteiger partial charge in [0.15, 0.2) is 0 Å². The van der Waals surface area contributed by atoms with Crippen LogP contribution in [0.1, 0.15) is 49.7 Å². The van der Waals surface area contributed by atoms with Crippen LogP contribution in [0.3, 0.4) is 0 Å². The zero-order valence-electron chi connectivity index (χ0n) is 19.3. The largest absolute Gasteiger partial charge is 0.481 e. The maximum atomic E-state index is 13.2. The second-order valence-electron chi connectivity index (χ2n) is 8.36. The van der Waals surface area contributed by atoms with E-state index in [1.54, 1.807) is 0 Å². The summed E-state index contributed by atoms with van der Waals surface area (Å²) in [5.74, 6) is -2.70. The third-order valence-electron chi connectivity index (χ3n) is 5.68. The molecule has 3 aromatic carbocycles. The number of halogens is 4. The van der Waals surface area contributed by atoms with E-state index in [1.807, 2.05) is 6.92 Å². The summed E-state index contributed by atoms with van der Waals surface area (Å²) in [6, 6.07) is 12.8. The first-order valence-corrected chi connectivity index (χ1v) is 12.7.